The molecule has 0 spiro atoms. The lowest BCUT2D eigenvalue weighted by molar-refractivity contribution is 0.368. The van der Waals surface area contributed by atoms with Gasteiger partial charge in [-0.1, -0.05) is 38.0 Å². The van der Waals surface area contributed by atoms with Crippen LogP contribution in [-0.2, 0) is 0 Å². The second-order valence-corrected chi connectivity index (χ2v) is 5.96. The smallest absolute Gasteiger partial charge is 0.0708 e. The predicted molar refractivity (Wildman–Crippen MR) is 84.9 cm³/mol. The number of pyridine rings is 1. The van der Waals surface area contributed by atoms with Gasteiger partial charge in [0.2, 0.25) is 0 Å². The largest absolute Gasteiger partial charge is 0.309 e. The molecule has 1 fully saturated rings. The molecule has 0 saturated heterocycles. The SMILES string of the molecule is CCNC(c1cc(C)c2ccccc2n1)C1CCCC1. The highest BCUT2D eigenvalue weighted by Crippen LogP contribution is 2.36. The summed E-state index contributed by atoms with van der Waals surface area (Å²) in [5, 5.41) is 4.95. The fraction of sp³-hybridized carbons (Fsp3) is 0.500. The number of aromatic nitrogens is 1. The molecule has 2 heteroatoms. The molecular formula is C18H24N2. The van der Waals surface area contributed by atoms with Gasteiger partial charge in [0.25, 0.3) is 0 Å². The van der Waals surface area contributed by atoms with Crippen molar-refractivity contribution in [2.24, 2.45) is 5.92 Å². The molecule has 2 aromatic rings. The topological polar surface area (TPSA) is 24.9 Å². The van der Waals surface area contributed by atoms with E-state index in [1.165, 1.54) is 42.3 Å². The Kier molecular flexibility index (Phi) is 4.02. The zero-order valence-electron chi connectivity index (χ0n) is 12.5. The molecule has 1 atom stereocenters. The first-order valence-corrected chi connectivity index (χ1v) is 7.89. The molecule has 1 saturated carbocycles. The van der Waals surface area contributed by atoms with E-state index in [4.69, 9.17) is 4.98 Å². The van der Waals surface area contributed by atoms with Crippen molar-refractivity contribution >= 4 is 10.9 Å². The van der Waals surface area contributed by atoms with Crippen LogP contribution in [0.2, 0.25) is 0 Å². The normalized spacial score (nSPS) is 17.7. The Morgan fingerprint density at radius 3 is 2.75 bits per heavy atom. The molecule has 0 amide bonds. The van der Waals surface area contributed by atoms with Gasteiger partial charge in [0, 0.05) is 5.39 Å². The van der Waals surface area contributed by atoms with Crippen molar-refractivity contribution < 1.29 is 0 Å². The lowest BCUT2D eigenvalue weighted by Gasteiger charge is -2.24. The summed E-state index contributed by atoms with van der Waals surface area (Å²) in [7, 11) is 0. The molecule has 0 aliphatic heterocycles. The highest BCUT2D eigenvalue weighted by Gasteiger charge is 2.27. The number of fused-ring (bicyclic) bond motifs is 1. The summed E-state index contributed by atoms with van der Waals surface area (Å²) in [6.45, 7) is 5.40. The van der Waals surface area contributed by atoms with Crippen LogP contribution in [0, 0.1) is 12.8 Å². The van der Waals surface area contributed by atoms with Crippen molar-refractivity contribution in [2.45, 2.75) is 45.6 Å². The molecule has 1 N–H and O–H groups in total. The number of aryl methyl sites for hydroxylation is 1. The Bertz CT molecular complexity index is 585. The van der Waals surface area contributed by atoms with Gasteiger partial charge in [0.1, 0.15) is 0 Å². The molecule has 20 heavy (non-hydrogen) atoms. The molecule has 1 heterocycles. The van der Waals surface area contributed by atoms with E-state index in [1.54, 1.807) is 0 Å². The minimum Gasteiger partial charge on any atom is -0.309 e. The van der Waals surface area contributed by atoms with Crippen LogP contribution in [-0.4, -0.2) is 11.5 Å². The second kappa shape index (κ2) is 5.92. The first-order valence-electron chi connectivity index (χ1n) is 7.89. The maximum Gasteiger partial charge on any atom is 0.0708 e. The van der Waals surface area contributed by atoms with E-state index in [0.29, 0.717) is 6.04 Å². The van der Waals surface area contributed by atoms with Gasteiger partial charge in [-0.15, -0.1) is 0 Å². The summed E-state index contributed by atoms with van der Waals surface area (Å²) < 4.78 is 0. The maximum atomic E-state index is 4.94. The molecule has 1 aromatic carbocycles. The number of hydrogen-bond acceptors (Lipinski definition) is 2. The van der Waals surface area contributed by atoms with Gasteiger partial charge >= 0.3 is 0 Å². The third-order valence-electron chi connectivity index (χ3n) is 4.56. The van der Waals surface area contributed by atoms with Crippen molar-refractivity contribution in [1.82, 2.24) is 10.3 Å². The summed E-state index contributed by atoms with van der Waals surface area (Å²) in [5.41, 5.74) is 3.70. The Balaban J connectivity index is 2.01. The van der Waals surface area contributed by atoms with Gasteiger partial charge in [0.15, 0.2) is 0 Å². The lowest BCUT2D eigenvalue weighted by atomic mass is 9.93. The fourth-order valence-electron chi connectivity index (χ4n) is 3.56. The van der Waals surface area contributed by atoms with Crippen LogP contribution in [0.5, 0.6) is 0 Å². The number of hydrogen-bond donors (Lipinski definition) is 1. The minimum atomic E-state index is 0.422. The van der Waals surface area contributed by atoms with E-state index in [-0.39, 0.29) is 0 Å². The average molecular weight is 268 g/mol. The van der Waals surface area contributed by atoms with Crippen molar-refractivity contribution in [2.75, 3.05) is 6.54 Å². The van der Waals surface area contributed by atoms with Crippen LogP contribution in [0.1, 0.15) is 49.9 Å². The van der Waals surface area contributed by atoms with E-state index >= 15 is 0 Å². The predicted octanol–water partition coefficient (Wildman–Crippen LogP) is 4.38. The Hall–Kier alpha value is -1.41. The van der Waals surface area contributed by atoms with Gasteiger partial charge in [-0.25, -0.2) is 0 Å². The third-order valence-corrected chi connectivity index (χ3v) is 4.56. The van der Waals surface area contributed by atoms with Crippen LogP contribution in [0.3, 0.4) is 0 Å². The van der Waals surface area contributed by atoms with Crippen LogP contribution < -0.4 is 5.32 Å². The van der Waals surface area contributed by atoms with Crippen molar-refractivity contribution in [1.29, 1.82) is 0 Å². The van der Waals surface area contributed by atoms with Gasteiger partial charge < -0.3 is 5.32 Å². The highest BCUT2D eigenvalue weighted by atomic mass is 14.9. The summed E-state index contributed by atoms with van der Waals surface area (Å²) in [6.07, 6.45) is 5.43. The quantitative estimate of drug-likeness (QED) is 0.890. The van der Waals surface area contributed by atoms with E-state index in [9.17, 15) is 0 Å². The van der Waals surface area contributed by atoms with Crippen LogP contribution in [0.15, 0.2) is 30.3 Å². The van der Waals surface area contributed by atoms with E-state index in [0.717, 1.165) is 18.0 Å². The monoisotopic (exact) mass is 268 g/mol. The van der Waals surface area contributed by atoms with E-state index < -0.39 is 0 Å². The zero-order valence-corrected chi connectivity index (χ0v) is 12.5. The number of nitrogens with zero attached hydrogens (tertiary/aromatic N) is 1. The van der Waals surface area contributed by atoms with Crippen LogP contribution in [0.25, 0.3) is 10.9 Å². The van der Waals surface area contributed by atoms with E-state index in [2.05, 4.69) is 49.5 Å². The summed E-state index contributed by atoms with van der Waals surface area (Å²) >= 11 is 0. The first-order chi connectivity index (χ1) is 9.79. The lowest BCUT2D eigenvalue weighted by Crippen LogP contribution is -2.27. The van der Waals surface area contributed by atoms with Gasteiger partial charge in [-0.05, 0) is 49.9 Å². The van der Waals surface area contributed by atoms with Crippen molar-refractivity contribution in [3.63, 3.8) is 0 Å². The molecule has 0 bridgehead atoms. The molecule has 106 valence electrons. The fourth-order valence-corrected chi connectivity index (χ4v) is 3.56. The molecule has 1 unspecified atom stereocenters. The van der Waals surface area contributed by atoms with Crippen molar-refractivity contribution in [3.8, 4) is 0 Å². The number of nitrogens with one attached hydrogen (secondary N) is 1. The van der Waals surface area contributed by atoms with Gasteiger partial charge in [-0.3, -0.25) is 4.98 Å². The molecular weight excluding hydrogens is 244 g/mol. The number of para-hydroxylation sites is 1. The average Bonchev–Trinajstić information content (AvgIpc) is 2.98. The maximum absolute atomic E-state index is 4.94. The minimum absolute atomic E-state index is 0.422. The summed E-state index contributed by atoms with van der Waals surface area (Å²) in [5.74, 6) is 0.753. The molecule has 0 radical (unpaired) electrons. The molecule has 3 rings (SSSR count). The number of benzene rings is 1. The van der Waals surface area contributed by atoms with Gasteiger partial charge in [-0.2, -0.15) is 0 Å². The standard InChI is InChI=1S/C18H24N2/c1-3-19-18(14-8-4-5-9-14)17-12-13(2)15-10-6-7-11-16(15)20-17/h6-7,10-12,14,18-19H,3-5,8-9H2,1-2H3. The molecule has 1 aliphatic rings. The summed E-state index contributed by atoms with van der Waals surface area (Å²) in [4.78, 5) is 4.94. The Labute approximate surface area is 121 Å². The Morgan fingerprint density at radius 1 is 1.25 bits per heavy atom. The third kappa shape index (κ3) is 2.57. The molecule has 1 aromatic heterocycles. The zero-order chi connectivity index (χ0) is 13.9. The first kappa shape index (κ1) is 13.6. The highest BCUT2D eigenvalue weighted by molar-refractivity contribution is 5.82. The summed E-state index contributed by atoms with van der Waals surface area (Å²) in [6, 6.07) is 11.2. The van der Waals surface area contributed by atoms with Crippen molar-refractivity contribution in [3.05, 3.63) is 41.6 Å². The second-order valence-electron chi connectivity index (χ2n) is 5.96. The molecule has 2 nitrogen and oxygen atoms in total. The molecule has 1 aliphatic carbocycles. The van der Waals surface area contributed by atoms with Gasteiger partial charge in [0.05, 0.1) is 17.3 Å². The van der Waals surface area contributed by atoms with Crippen LogP contribution >= 0.6 is 0 Å². The van der Waals surface area contributed by atoms with E-state index in [1.807, 2.05) is 0 Å². The number of rotatable bonds is 4. The Morgan fingerprint density at radius 2 is 2.00 bits per heavy atom. The van der Waals surface area contributed by atoms with Crippen LogP contribution in [0.4, 0.5) is 0 Å².